The molecule has 156 valence electrons. The van der Waals surface area contributed by atoms with Crippen molar-refractivity contribution in [2.75, 3.05) is 25.2 Å². The maximum atomic E-state index is 13.4. The molecule has 0 radical (unpaired) electrons. The van der Waals surface area contributed by atoms with Gasteiger partial charge in [-0.25, -0.2) is 4.79 Å². The van der Waals surface area contributed by atoms with Gasteiger partial charge < -0.3 is 14.4 Å². The van der Waals surface area contributed by atoms with E-state index < -0.39 is 24.0 Å². The van der Waals surface area contributed by atoms with Crippen LogP contribution in [0, 0.1) is 11.8 Å². The van der Waals surface area contributed by atoms with Gasteiger partial charge in [-0.05, 0) is 50.0 Å². The molecule has 1 saturated carbocycles. The van der Waals surface area contributed by atoms with Gasteiger partial charge in [0.15, 0.2) is 0 Å². The summed E-state index contributed by atoms with van der Waals surface area (Å²) in [5.74, 6) is -2.52. The van der Waals surface area contributed by atoms with Crippen molar-refractivity contribution < 1.29 is 32.2 Å². The number of rotatable bonds is 4. The zero-order valence-corrected chi connectivity index (χ0v) is 16.5. The second-order valence-corrected chi connectivity index (χ2v) is 8.18. The number of carbonyl (C=O) groups is 2. The third-order valence-electron chi connectivity index (χ3n) is 5.61. The third-order valence-corrected chi connectivity index (χ3v) is 6.49. The zero-order valence-electron chi connectivity index (χ0n) is 15.7. The molecule has 0 atom stereocenters. The van der Waals surface area contributed by atoms with Crippen LogP contribution in [0.3, 0.4) is 0 Å². The Morgan fingerprint density at radius 3 is 2.36 bits per heavy atom. The lowest BCUT2D eigenvalue weighted by Gasteiger charge is -2.38. The van der Waals surface area contributed by atoms with Crippen molar-refractivity contribution in [3.05, 3.63) is 16.3 Å². The summed E-state index contributed by atoms with van der Waals surface area (Å²) < 4.78 is 49.1. The van der Waals surface area contributed by atoms with Crippen molar-refractivity contribution in [2.24, 2.45) is 11.8 Å². The number of carbonyl (C=O) groups excluding carboxylic acids is 2. The zero-order chi connectivity index (χ0) is 20.3. The summed E-state index contributed by atoms with van der Waals surface area (Å²) in [6.45, 7) is 1.01. The van der Waals surface area contributed by atoms with E-state index in [9.17, 15) is 22.8 Å². The monoisotopic (exact) mass is 419 g/mol. The Balaban J connectivity index is 1.83. The first-order valence-electron chi connectivity index (χ1n) is 9.46. The van der Waals surface area contributed by atoms with E-state index in [4.69, 9.17) is 9.47 Å². The number of hydrogen-bond acceptors (Lipinski definition) is 5. The molecule has 1 amide bonds. The number of anilines is 1. The van der Waals surface area contributed by atoms with Crippen LogP contribution in [-0.4, -0.2) is 44.4 Å². The fourth-order valence-corrected chi connectivity index (χ4v) is 4.84. The van der Waals surface area contributed by atoms with Crippen LogP contribution in [0.5, 0.6) is 0 Å². The van der Waals surface area contributed by atoms with Crippen LogP contribution in [-0.2, 0) is 14.3 Å². The predicted molar refractivity (Wildman–Crippen MR) is 98.5 cm³/mol. The highest BCUT2D eigenvalue weighted by Crippen LogP contribution is 2.41. The maximum absolute atomic E-state index is 13.4. The molecule has 28 heavy (non-hydrogen) atoms. The molecule has 1 aliphatic heterocycles. The summed E-state index contributed by atoms with van der Waals surface area (Å²) in [7, 11) is 1.28. The van der Waals surface area contributed by atoms with E-state index in [2.05, 4.69) is 0 Å². The Morgan fingerprint density at radius 2 is 1.79 bits per heavy atom. The van der Waals surface area contributed by atoms with Gasteiger partial charge in [-0.2, -0.15) is 13.2 Å². The van der Waals surface area contributed by atoms with E-state index in [1.54, 1.807) is 16.3 Å². The Morgan fingerprint density at radius 1 is 1.14 bits per heavy atom. The van der Waals surface area contributed by atoms with Gasteiger partial charge in [-0.15, -0.1) is 11.3 Å². The van der Waals surface area contributed by atoms with Crippen molar-refractivity contribution in [2.45, 2.75) is 50.7 Å². The molecule has 0 aromatic carbocycles. The molecule has 3 rings (SSSR count). The van der Waals surface area contributed by atoms with E-state index in [-0.39, 0.29) is 37.6 Å². The minimum atomic E-state index is -4.21. The van der Waals surface area contributed by atoms with Crippen molar-refractivity contribution >= 4 is 28.9 Å². The van der Waals surface area contributed by atoms with Gasteiger partial charge in [0.2, 0.25) is 5.91 Å². The molecule has 0 spiro atoms. The Kier molecular flexibility index (Phi) is 6.65. The van der Waals surface area contributed by atoms with Gasteiger partial charge >= 0.3 is 12.1 Å². The molecule has 2 fully saturated rings. The molecule has 0 bridgehead atoms. The van der Waals surface area contributed by atoms with E-state index in [0.717, 1.165) is 0 Å². The number of methoxy groups -OCH3 is 1. The molecule has 2 heterocycles. The first-order valence-corrected chi connectivity index (χ1v) is 10.3. The number of amides is 1. The van der Waals surface area contributed by atoms with Crippen LogP contribution in [0.4, 0.5) is 18.9 Å². The molecular formula is C19H24F3NO4S. The second kappa shape index (κ2) is 8.82. The molecule has 9 heteroatoms. The Labute approximate surface area is 165 Å². The third kappa shape index (κ3) is 4.51. The van der Waals surface area contributed by atoms with Gasteiger partial charge in [0, 0.05) is 25.2 Å². The van der Waals surface area contributed by atoms with Gasteiger partial charge in [0.05, 0.1) is 18.7 Å². The van der Waals surface area contributed by atoms with E-state index in [1.165, 1.54) is 18.4 Å². The van der Waals surface area contributed by atoms with Crippen molar-refractivity contribution in [1.29, 1.82) is 0 Å². The molecule has 1 aliphatic carbocycles. The molecule has 1 aromatic rings. The predicted octanol–water partition coefficient (Wildman–Crippen LogP) is 4.42. The topological polar surface area (TPSA) is 55.8 Å². The summed E-state index contributed by atoms with van der Waals surface area (Å²) in [5, 5.41) is 1.72. The summed E-state index contributed by atoms with van der Waals surface area (Å²) >= 11 is 1.19. The summed E-state index contributed by atoms with van der Waals surface area (Å²) in [5.41, 5.74) is 0.492. The molecule has 1 saturated heterocycles. The summed E-state index contributed by atoms with van der Waals surface area (Å²) in [6.07, 6.45) is -2.61. The van der Waals surface area contributed by atoms with Gasteiger partial charge in [-0.1, -0.05) is 0 Å². The lowest BCUT2D eigenvalue weighted by atomic mass is 9.80. The SMILES string of the molecule is COC(=O)c1sccc1N(C(=O)C1CCC(C(F)(F)F)CC1)C1CCOCC1. The maximum Gasteiger partial charge on any atom is 0.391 e. The molecule has 1 aromatic heterocycles. The van der Waals surface area contributed by atoms with Crippen molar-refractivity contribution in [3.8, 4) is 0 Å². The van der Waals surface area contributed by atoms with E-state index >= 15 is 0 Å². The lowest BCUT2D eigenvalue weighted by molar-refractivity contribution is -0.184. The van der Waals surface area contributed by atoms with Crippen LogP contribution >= 0.6 is 11.3 Å². The second-order valence-electron chi connectivity index (χ2n) is 7.27. The van der Waals surface area contributed by atoms with Crippen molar-refractivity contribution in [1.82, 2.24) is 0 Å². The average Bonchev–Trinajstić information content (AvgIpc) is 3.17. The molecule has 5 nitrogen and oxygen atoms in total. The standard InChI is InChI=1S/C19H24F3NO4S/c1-26-18(25)16-15(8-11-28-16)23(14-6-9-27-10-7-14)17(24)12-2-4-13(5-3-12)19(20,21)22/h8,11-14H,2-7,9-10H2,1H3. The number of esters is 1. The first kappa shape index (κ1) is 21.1. The normalized spacial score (nSPS) is 24.0. The molecule has 0 N–H and O–H groups in total. The minimum absolute atomic E-state index is 0.0327. The highest BCUT2D eigenvalue weighted by atomic mass is 32.1. The molecule has 0 unspecified atom stereocenters. The molecule has 2 aliphatic rings. The van der Waals surface area contributed by atoms with Crippen LogP contribution in [0.1, 0.15) is 48.2 Å². The highest BCUT2D eigenvalue weighted by molar-refractivity contribution is 7.12. The minimum Gasteiger partial charge on any atom is -0.465 e. The Hall–Kier alpha value is -1.61. The Bertz CT molecular complexity index is 692. The van der Waals surface area contributed by atoms with Crippen LogP contribution < -0.4 is 4.90 Å². The summed E-state index contributed by atoms with van der Waals surface area (Å²) in [6, 6.07) is 1.57. The van der Waals surface area contributed by atoms with Crippen LogP contribution in [0.25, 0.3) is 0 Å². The number of nitrogens with zero attached hydrogens (tertiary/aromatic N) is 1. The molecular weight excluding hydrogens is 395 g/mol. The van der Waals surface area contributed by atoms with Crippen molar-refractivity contribution in [3.63, 3.8) is 0 Å². The van der Waals surface area contributed by atoms with Gasteiger partial charge in [0.25, 0.3) is 0 Å². The van der Waals surface area contributed by atoms with Crippen LogP contribution in [0.15, 0.2) is 11.4 Å². The first-order chi connectivity index (χ1) is 13.3. The van der Waals surface area contributed by atoms with Gasteiger partial charge in [0.1, 0.15) is 4.88 Å². The number of alkyl halides is 3. The van der Waals surface area contributed by atoms with E-state index in [0.29, 0.717) is 36.6 Å². The summed E-state index contributed by atoms with van der Waals surface area (Å²) in [4.78, 5) is 27.5. The highest BCUT2D eigenvalue weighted by Gasteiger charge is 2.44. The largest absolute Gasteiger partial charge is 0.465 e. The van der Waals surface area contributed by atoms with Crippen LogP contribution in [0.2, 0.25) is 0 Å². The van der Waals surface area contributed by atoms with E-state index in [1.807, 2.05) is 0 Å². The fourth-order valence-electron chi connectivity index (χ4n) is 4.04. The quantitative estimate of drug-likeness (QED) is 0.678. The lowest BCUT2D eigenvalue weighted by Crippen LogP contribution is -2.47. The van der Waals surface area contributed by atoms with Gasteiger partial charge in [-0.3, -0.25) is 4.79 Å². The number of thiophene rings is 1. The average molecular weight is 419 g/mol. The number of ether oxygens (including phenoxy) is 2. The number of halogens is 3. The number of hydrogen-bond donors (Lipinski definition) is 0. The fraction of sp³-hybridized carbons (Fsp3) is 0.684. The smallest absolute Gasteiger partial charge is 0.391 e.